The standard InChI is InChI=1S/C13H20BrN3O/c1-10-8-11(14)4-5-12(10)16-13(18)9-17(2)7-3-6-15/h4-5,8H,3,6-7,9,15H2,1-2H3,(H,16,18). The van der Waals surface area contributed by atoms with Crippen LogP contribution in [-0.4, -0.2) is 37.5 Å². The largest absolute Gasteiger partial charge is 0.330 e. The number of nitrogens with two attached hydrogens (primary N) is 1. The molecule has 0 unspecified atom stereocenters. The van der Waals surface area contributed by atoms with Crippen LogP contribution in [0.15, 0.2) is 22.7 Å². The highest BCUT2D eigenvalue weighted by Crippen LogP contribution is 2.19. The third-order valence-corrected chi connectivity index (χ3v) is 3.11. The summed E-state index contributed by atoms with van der Waals surface area (Å²) in [5, 5.41) is 2.91. The van der Waals surface area contributed by atoms with E-state index in [0.717, 1.165) is 28.7 Å². The van der Waals surface area contributed by atoms with Crippen molar-refractivity contribution in [1.29, 1.82) is 0 Å². The summed E-state index contributed by atoms with van der Waals surface area (Å²) < 4.78 is 1.01. The van der Waals surface area contributed by atoms with Gasteiger partial charge < -0.3 is 11.1 Å². The van der Waals surface area contributed by atoms with Gasteiger partial charge in [-0.15, -0.1) is 0 Å². The molecule has 1 aromatic rings. The van der Waals surface area contributed by atoms with Gasteiger partial charge in [-0.05, 0) is 57.2 Å². The zero-order valence-corrected chi connectivity index (χ0v) is 12.5. The number of carbonyl (C=O) groups excluding carboxylic acids is 1. The van der Waals surface area contributed by atoms with Crippen LogP contribution < -0.4 is 11.1 Å². The number of aryl methyl sites for hydroxylation is 1. The van der Waals surface area contributed by atoms with Gasteiger partial charge in [0, 0.05) is 10.2 Å². The Morgan fingerprint density at radius 3 is 2.83 bits per heavy atom. The zero-order chi connectivity index (χ0) is 13.5. The second kappa shape index (κ2) is 7.51. The highest BCUT2D eigenvalue weighted by molar-refractivity contribution is 9.10. The molecule has 0 aliphatic heterocycles. The fraction of sp³-hybridized carbons (Fsp3) is 0.462. The van der Waals surface area contributed by atoms with Crippen LogP contribution in [0.3, 0.4) is 0 Å². The summed E-state index contributed by atoms with van der Waals surface area (Å²) in [5.74, 6) is -0.0000520. The minimum atomic E-state index is -0.0000520. The number of likely N-dealkylation sites (N-methyl/N-ethyl adjacent to an activating group) is 1. The van der Waals surface area contributed by atoms with Gasteiger partial charge in [-0.3, -0.25) is 9.69 Å². The average Bonchev–Trinajstić information content (AvgIpc) is 2.30. The fourth-order valence-corrected chi connectivity index (χ4v) is 2.12. The van der Waals surface area contributed by atoms with Crippen molar-refractivity contribution in [3.63, 3.8) is 0 Å². The van der Waals surface area contributed by atoms with E-state index in [-0.39, 0.29) is 5.91 Å². The number of benzene rings is 1. The molecule has 0 heterocycles. The number of anilines is 1. The lowest BCUT2D eigenvalue weighted by atomic mass is 10.2. The van der Waals surface area contributed by atoms with Gasteiger partial charge in [-0.1, -0.05) is 15.9 Å². The molecule has 5 heteroatoms. The van der Waals surface area contributed by atoms with E-state index in [1.807, 2.05) is 37.1 Å². The summed E-state index contributed by atoms with van der Waals surface area (Å²) in [6.45, 7) is 3.84. The summed E-state index contributed by atoms with van der Waals surface area (Å²) in [6.07, 6.45) is 0.904. The number of nitrogens with zero attached hydrogens (tertiary/aromatic N) is 1. The number of rotatable bonds is 6. The topological polar surface area (TPSA) is 58.4 Å². The van der Waals surface area contributed by atoms with Crippen molar-refractivity contribution in [3.05, 3.63) is 28.2 Å². The van der Waals surface area contributed by atoms with E-state index in [1.165, 1.54) is 0 Å². The molecule has 1 rings (SSSR count). The molecule has 100 valence electrons. The molecule has 0 atom stereocenters. The van der Waals surface area contributed by atoms with E-state index < -0.39 is 0 Å². The monoisotopic (exact) mass is 313 g/mol. The lowest BCUT2D eigenvalue weighted by Crippen LogP contribution is -2.31. The third kappa shape index (κ3) is 5.16. The normalized spacial score (nSPS) is 10.7. The van der Waals surface area contributed by atoms with E-state index in [9.17, 15) is 4.79 Å². The minimum absolute atomic E-state index is 0.0000520. The van der Waals surface area contributed by atoms with E-state index in [1.54, 1.807) is 0 Å². The molecule has 18 heavy (non-hydrogen) atoms. The van der Waals surface area contributed by atoms with Crippen LogP contribution in [0.2, 0.25) is 0 Å². The van der Waals surface area contributed by atoms with Crippen molar-refractivity contribution in [2.45, 2.75) is 13.3 Å². The lowest BCUT2D eigenvalue weighted by molar-refractivity contribution is -0.117. The predicted molar refractivity (Wildman–Crippen MR) is 78.7 cm³/mol. The Morgan fingerprint density at radius 1 is 1.50 bits per heavy atom. The van der Waals surface area contributed by atoms with Gasteiger partial charge in [0.2, 0.25) is 5.91 Å². The minimum Gasteiger partial charge on any atom is -0.330 e. The van der Waals surface area contributed by atoms with Crippen molar-refractivity contribution in [1.82, 2.24) is 4.90 Å². The zero-order valence-electron chi connectivity index (χ0n) is 10.9. The van der Waals surface area contributed by atoms with Gasteiger partial charge in [-0.25, -0.2) is 0 Å². The molecule has 0 saturated carbocycles. The van der Waals surface area contributed by atoms with Crippen molar-refractivity contribution in [2.75, 3.05) is 32.0 Å². The first-order valence-electron chi connectivity index (χ1n) is 5.97. The number of halogens is 1. The molecule has 3 N–H and O–H groups in total. The quantitative estimate of drug-likeness (QED) is 0.844. The van der Waals surface area contributed by atoms with Crippen molar-refractivity contribution in [2.24, 2.45) is 5.73 Å². The smallest absolute Gasteiger partial charge is 0.238 e. The molecule has 1 amide bonds. The number of hydrogen-bond donors (Lipinski definition) is 2. The first-order valence-corrected chi connectivity index (χ1v) is 6.77. The Morgan fingerprint density at radius 2 is 2.22 bits per heavy atom. The van der Waals surface area contributed by atoms with Crippen molar-refractivity contribution in [3.8, 4) is 0 Å². The average molecular weight is 314 g/mol. The third-order valence-electron chi connectivity index (χ3n) is 2.62. The molecule has 0 aromatic heterocycles. The number of nitrogens with one attached hydrogen (secondary N) is 1. The summed E-state index contributed by atoms with van der Waals surface area (Å²) in [6, 6.07) is 5.80. The van der Waals surface area contributed by atoms with Crippen LogP contribution in [0.1, 0.15) is 12.0 Å². The van der Waals surface area contributed by atoms with Crippen LogP contribution in [0.25, 0.3) is 0 Å². The van der Waals surface area contributed by atoms with E-state index in [2.05, 4.69) is 21.2 Å². The predicted octanol–water partition coefficient (Wildman–Crippen LogP) is 1.98. The molecule has 0 saturated heterocycles. The molecule has 0 aliphatic rings. The molecular formula is C13H20BrN3O. The Balaban J connectivity index is 2.49. The Kier molecular flexibility index (Phi) is 6.32. The van der Waals surface area contributed by atoms with Crippen LogP contribution >= 0.6 is 15.9 Å². The Bertz CT molecular complexity index is 409. The lowest BCUT2D eigenvalue weighted by Gasteiger charge is -2.16. The summed E-state index contributed by atoms with van der Waals surface area (Å²) in [4.78, 5) is 13.8. The number of carbonyl (C=O) groups is 1. The first-order chi connectivity index (χ1) is 8.52. The van der Waals surface area contributed by atoms with Gasteiger partial charge in [0.05, 0.1) is 6.54 Å². The molecular weight excluding hydrogens is 294 g/mol. The van der Waals surface area contributed by atoms with Crippen LogP contribution in [-0.2, 0) is 4.79 Å². The summed E-state index contributed by atoms with van der Waals surface area (Å²) in [7, 11) is 1.92. The van der Waals surface area contributed by atoms with Gasteiger partial charge >= 0.3 is 0 Å². The molecule has 0 bridgehead atoms. The van der Waals surface area contributed by atoms with E-state index >= 15 is 0 Å². The maximum absolute atomic E-state index is 11.8. The molecule has 0 fully saturated rings. The van der Waals surface area contributed by atoms with Crippen molar-refractivity contribution < 1.29 is 4.79 Å². The molecule has 1 aromatic carbocycles. The molecule has 0 spiro atoms. The van der Waals surface area contributed by atoms with Crippen LogP contribution in [0, 0.1) is 6.92 Å². The molecule has 4 nitrogen and oxygen atoms in total. The molecule has 0 radical (unpaired) electrons. The summed E-state index contributed by atoms with van der Waals surface area (Å²) >= 11 is 3.40. The highest BCUT2D eigenvalue weighted by Gasteiger charge is 2.08. The van der Waals surface area contributed by atoms with Crippen LogP contribution in [0.5, 0.6) is 0 Å². The maximum atomic E-state index is 11.8. The van der Waals surface area contributed by atoms with Gasteiger partial charge in [0.15, 0.2) is 0 Å². The SMILES string of the molecule is Cc1cc(Br)ccc1NC(=O)CN(C)CCCN. The van der Waals surface area contributed by atoms with Crippen molar-refractivity contribution >= 4 is 27.5 Å². The van der Waals surface area contributed by atoms with E-state index in [0.29, 0.717) is 13.1 Å². The highest BCUT2D eigenvalue weighted by atomic mass is 79.9. The Hall–Kier alpha value is -0.910. The first kappa shape index (κ1) is 15.1. The van der Waals surface area contributed by atoms with E-state index in [4.69, 9.17) is 5.73 Å². The number of hydrogen-bond acceptors (Lipinski definition) is 3. The second-order valence-corrected chi connectivity index (χ2v) is 5.30. The maximum Gasteiger partial charge on any atom is 0.238 e. The molecule has 0 aliphatic carbocycles. The van der Waals surface area contributed by atoms with Gasteiger partial charge in [-0.2, -0.15) is 0 Å². The summed E-state index contributed by atoms with van der Waals surface area (Å²) in [5.41, 5.74) is 7.33. The fourth-order valence-electron chi connectivity index (χ4n) is 1.64. The van der Waals surface area contributed by atoms with Gasteiger partial charge in [0.25, 0.3) is 0 Å². The number of amides is 1. The Labute approximate surface area is 117 Å². The van der Waals surface area contributed by atoms with Crippen LogP contribution in [0.4, 0.5) is 5.69 Å². The second-order valence-electron chi connectivity index (χ2n) is 4.39. The van der Waals surface area contributed by atoms with Gasteiger partial charge in [0.1, 0.15) is 0 Å².